The van der Waals surface area contributed by atoms with Gasteiger partial charge in [-0.15, -0.1) is 10.2 Å². The van der Waals surface area contributed by atoms with Gasteiger partial charge in [0.1, 0.15) is 0 Å². The van der Waals surface area contributed by atoms with Crippen LogP contribution in [0.3, 0.4) is 0 Å². The van der Waals surface area contributed by atoms with Crippen molar-refractivity contribution in [3.8, 4) is 11.4 Å². The molecule has 3 heterocycles. The lowest BCUT2D eigenvalue weighted by Gasteiger charge is -2.01. The average molecular weight is 363 g/mol. The summed E-state index contributed by atoms with van der Waals surface area (Å²) in [5.41, 5.74) is 2.14. The number of pyridine rings is 1. The molecule has 26 heavy (non-hydrogen) atoms. The quantitative estimate of drug-likeness (QED) is 0.599. The number of hydrogen-bond acceptors (Lipinski definition) is 6. The third-order valence-electron chi connectivity index (χ3n) is 3.70. The van der Waals surface area contributed by atoms with Gasteiger partial charge in [0.05, 0.1) is 4.53 Å². The van der Waals surface area contributed by atoms with E-state index < -0.39 is 0 Å². The van der Waals surface area contributed by atoms with Crippen molar-refractivity contribution in [1.29, 1.82) is 0 Å². The molecule has 128 valence electrons. The Bertz CT molecular complexity index is 1200. The highest BCUT2D eigenvalue weighted by molar-refractivity contribution is 7.15. The average Bonchev–Trinajstić information content (AvgIpc) is 3.18. The van der Waals surface area contributed by atoms with E-state index in [0.29, 0.717) is 21.0 Å². The number of nitrogens with one attached hydrogen (secondary N) is 1. The predicted molar refractivity (Wildman–Crippen MR) is 99.9 cm³/mol. The molecule has 0 radical (unpaired) electrons. The second kappa shape index (κ2) is 6.49. The molecule has 0 saturated heterocycles. The molecule has 0 bridgehead atoms. The summed E-state index contributed by atoms with van der Waals surface area (Å²) < 4.78 is 2.06. The third-order valence-corrected chi connectivity index (χ3v) is 4.66. The van der Waals surface area contributed by atoms with Crippen LogP contribution in [0, 0.1) is 0 Å². The lowest BCUT2D eigenvalue weighted by Crippen LogP contribution is -2.23. The molecule has 1 amide bonds. The molecule has 7 nitrogen and oxygen atoms in total. The molecule has 1 aromatic carbocycles. The number of aromatic nitrogens is 4. The first kappa shape index (κ1) is 16.1. The molecule has 0 aliphatic heterocycles. The van der Waals surface area contributed by atoms with Crippen LogP contribution in [-0.4, -0.2) is 25.5 Å². The maximum atomic E-state index is 12.8. The van der Waals surface area contributed by atoms with Crippen LogP contribution in [0.25, 0.3) is 22.4 Å². The second-order valence-corrected chi connectivity index (χ2v) is 6.61. The van der Waals surface area contributed by atoms with Crippen LogP contribution in [0.1, 0.15) is 12.5 Å². The van der Waals surface area contributed by atoms with Gasteiger partial charge in [-0.3, -0.25) is 14.6 Å². The number of rotatable bonds is 3. The lowest BCUT2D eigenvalue weighted by atomic mass is 10.2. The van der Waals surface area contributed by atoms with E-state index in [1.807, 2.05) is 18.2 Å². The van der Waals surface area contributed by atoms with E-state index in [1.54, 1.807) is 36.7 Å². The Hall–Kier alpha value is -3.39. The number of thiazole rings is 1. The van der Waals surface area contributed by atoms with Gasteiger partial charge in [0.15, 0.2) is 5.82 Å². The maximum Gasteiger partial charge on any atom is 0.276 e. The largest absolute Gasteiger partial charge is 0.326 e. The minimum absolute atomic E-state index is 0.126. The van der Waals surface area contributed by atoms with E-state index in [-0.39, 0.29) is 11.5 Å². The van der Waals surface area contributed by atoms with Crippen LogP contribution in [0.4, 0.5) is 5.69 Å². The number of carbonyl (C=O) groups is 1. The molecule has 0 aliphatic carbocycles. The number of anilines is 1. The fourth-order valence-corrected chi connectivity index (χ4v) is 3.47. The van der Waals surface area contributed by atoms with Gasteiger partial charge in [-0.2, -0.15) is 0 Å². The summed E-state index contributed by atoms with van der Waals surface area (Å²) in [7, 11) is 0. The normalized spacial score (nSPS) is 11.8. The minimum Gasteiger partial charge on any atom is -0.326 e. The zero-order valence-electron chi connectivity index (χ0n) is 13.7. The molecule has 0 aliphatic rings. The van der Waals surface area contributed by atoms with Crippen molar-refractivity contribution in [3.63, 3.8) is 0 Å². The molecule has 1 N–H and O–H groups in total. The van der Waals surface area contributed by atoms with E-state index in [0.717, 1.165) is 11.1 Å². The van der Waals surface area contributed by atoms with Crippen molar-refractivity contribution in [3.05, 3.63) is 69.2 Å². The van der Waals surface area contributed by atoms with E-state index in [9.17, 15) is 9.59 Å². The number of amides is 1. The van der Waals surface area contributed by atoms with Gasteiger partial charge >= 0.3 is 0 Å². The molecule has 0 spiro atoms. The number of benzene rings is 1. The fourth-order valence-electron chi connectivity index (χ4n) is 2.56. The first-order valence-electron chi connectivity index (χ1n) is 7.79. The van der Waals surface area contributed by atoms with Crippen molar-refractivity contribution < 1.29 is 4.79 Å². The van der Waals surface area contributed by atoms with Gasteiger partial charge in [0.2, 0.25) is 10.9 Å². The summed E-state index contributed by atoms with van der Waals surface area (Å²) in [4.78, 5) is 28.5. The van der Waals surface area contributed by atoms with Crippen LogP contribution in [0.2, 0.25) is 0 Å². The molecule has 0 saturated carbocycles. The Morgan fingerprint density at radius 2 is 2.00 bits per heavy atom. The van der Waals surface area contributed by atoms with Gasteiger partial charge in [0, 0.05) is 30.6 Å². The Morgan fingerprint density at radius 1 is 1.19 bits per heavy atom. The minimum atomic E-state index is -0.167. The molecule has 0 unspecified atom stereocenters. The predicted octanol–water partition coefficient (Wildman–Crippen LogP) is 1.72. The maximum absolute atomic E-state index is 12.8. The molecule has 8 heteroatoms. The monoisotopic (exact) mass is 363 g/mol. The number of hydrogen-bond donors (Lipinski definition) is 1. The van der Waals surface area contributed by atoms with Crippen LogP contribution < -0.4 is 15.4 Å². The Morgan fingerprint density at radius 3 is 2.69 bits per heavy atom. The smallest absolute Gasteiger partial charge is 0.276 e. The summed E-state index contributed by atoms with van der Waals surface area (Å²) >= 11 is 1.28. The Balaban J connectivity index is 1.77. The van der Waals surface area contributed by atoms with Gasteiger partial charge < -0.3 is 5.32 Å². The van der Waals surface area contributed by atoms with Gasteiger partial charge in [0.25, 0.3) is 5.56 Å². The van der Waals surface area contributed by atoms with Gasteiger partial charge in [-0.05, 0) is 35.9 Å². The summed E-state index contributed by atoms with van der Waals surface area (Å²) in [6, 6.07) is 10.9. The van der Waals surface area contributed by atoms with Crippen molar-refractivity contribution in [1.82, 2.24) is 19.6 Å². The van der Waals surface area contributed by atoms with Crippen LogP contribution in [0.15, 0.2) is 53.6 Å². The molecule has 0 fully saturated rings. The topological polar surface area (TPSA) is 89.2 Å². The summed E-state index contributed by atoms with van der Waals surface area (Å²) in [5.74, 6) is 0.355. The lowest BCUT2D eigenvalue weighted by molar-refractivity contribution is -0.114. The van der Waals surface area contributed by atoms with E-state index in [2.05, 4.69) is 20.5 Å². The van der Waals surface area contributed by atoms with Gasteiger partial charge in [-0.25, -0.2) is 4.40 Å². The highest BCUT2D eigenvalue weighted by atomic mass is 32.1. The van der Waals surface area contributed by atoms with Crippen molar-refractivity contribution >= 4 is 34.0 Å². The summed E-state index contributed by atoms with van der Waals surface area (Å²) in [5, 5.41) is 10.9. The molecule has 0 atom stereocenters. The van der Waals surface area contributed by atoms with Gasteiger partial charge in [-0.1, -0.05) is 23.5 Å². The van der Waals surface area contributed by atoms with Crippen molar-refractivity contribution in [2.75, 3.05) is 5.32 Å². The van der Waals surface area contributed by atoms with Crippen molar-refractivity contribution in [2.24, 2.45) is 0 Å². The number of carbonyl (C=O) groups excluding carboxylic acids is 1. The highest BCUT2D eigenvalue weighted by Gasteiger charge is 2.14. The molecule has 4 rings (SSSR count). The first-order chi connectivity index (χ1) is 12.6. The fraction of sp³-hybridized carbons (Fsp3) is 0.0556. The van der Waals surface area contributed by atoms with E-state index >= 15 is 0 Å². The van der Waals surface area contributed by atoms with Crippen LogP contribution in [0.5, 0.6) is 0 Å². The van der Waals surface area contributed by atoms with Crippen LogP contribution in [-0.2, 0) is 4.79 Å². The van der Waals surface area contributed by atoms with Crippen molar-refractivity contribution in [2.45, 2.75) is 6.92 Å². The molecule has 3 aromatic heterocycles. The second-order valence-electron chi connectivity index (χ2n) is 5.60. The standard InChI is InChI=1S/C18H13N5O2S/c1-11(24)20-14-6-4-12(5-7-14)9-15-17(25)23-16(21-22-18(23)26-15)13-3-2-8-19-10-13/h2-10H,1H3,(H,20,24)/b15-9-. The van der Waals surface area contributed by atoms with E-state index in [1.165, 1.54) is 22.7 Å². The zero-order valence-corrected chi connectivity index (χ0v) is 14.5. The summed E-state index contributed by atoms with van der Waals surface area (Å²) in [6.45, 7) is 1.46. The molecular formula is C18H13N5O2S. The SMILES string of the molecule is CC(=O)Nc1ccc(/C=c2\sc3nnc(-c4cccnc4)n3c2=O)cc1. The number of fused-ring (bicyclic) bond motifs is 1. The highest BCUT2D eigenvalue weighted by Crippen LogP contribution is 2.16. The Kier molecular flexibility index (Phi) is 4.02. The first-order valence-corrected chi connectivity index (χ1v) is 8.61. The molecular weight excluding hydrogens is 350 g/mol. The third kappa shape index (κ3) is 2.98. The van der Waals surface area contributed by atoms with E-state index in [4.69, 9.17) is 0 Å². The Labute approximate surface area is 151 Å². The van der Waals surface area contributed by atoms with Crippen LogP contribution >= 0.6 is 11.3 Å². The zero-order chi connectivity index (χ0) is 18.1. The summed E-state index contributed by atoms with van der Waals surface area (Å²) in [6.07, 6.45) is 5.11. The molecule has 4 aromatic rings. The number of nitrogens with zero attached hydrogens (tertiary/aromatic N) is 4.